The first kappa shape index (κ1) is 10.9. The van der Waals surface area contributed by atoms with Crippen LogP contribution >= 0.6 is 11.6 Å². The van der Waals surface area contributed by atoms with Crippen LogP contribution in [0.15, 0.2) is 24.3 Å². The van der Waals surface area contributed by atoms with Crippen molar-refractivity contribution in [3.63, 3.8) is 0 Å². The van der Waals surface area contributed by atoms with Gasteiger partial charge in [0.15, 0.2) is 0 Å². The molecule has 1 atom stereocenters. The number of hydrogen-bond donors (Lipinski definition) is 2. The molecule has 0 amide bonds. The van der Waals surface area contributed by atoms with Crippen LogP contribution in [0.1, 0.15) is 12.0 Å². The van der Waals surface area contributed by atoms with E-state index >= 15 is 0 Å². The fourth-order valence-electron chi connectivity index (χ4n) is 1.91. The lowest BCUT2D eigenvalue weighted by Gasteiger charge is -2.09. The first-order chi connectivity index (χ1) is 7.34. The van der Waals surface area contributed by atoms with E-state index < -0.39 is 0 Å². The zero-order chi connectivity index (χ0) is 10.5. The van der Waals surface area contributed by atoms with Crippen LogP contribution in [0.4, 0.5) is 0 Å². The van der Waals surface area contributed by atoms with Gasteiger partial charge in [0.2, 0.25) is 0 Å². The van der Waals surface area contributed by atoms with Gasteiger partial charge in [0, 0.05) is 11.6 Å². The monoisotopic (exact) mass is 224 g/mol. The highest BCUT2D eigenvalue weighted by atomic mass is 35.5. The molecular formula is C12H17ClN2. The summed E-state index contributed by atoms with van der Waals surface area (Å²) >= 11 is 5.82. The van der Waals surface area contributed by atoms with Gasteiger partial charge in [-0.2, -0.15) is 0 Å². The third-order valence-electron chi connectivity index (χ3n) is 2.84. The summed E-state index contributed by atoms with van der Waals surface area (Å²) in [6.07, 6.45) is 1.30. The maximum atomic E-state index is 5.82. The molecule has 0 aliphatic carbocycles. The molecule has 0 saturated carbocycles. The van der Waals surface area contributed by atoms with Crippen molar-refractivity contribution in [3.05, 3.63) is 34.9 Å². The van der Waals surface area contributed by atoms with Crippen LogP contribution in [-0.4, -0.2) is 19.6 Å². The molecule has 3 heteroatoms. The summed E-state index contributed by atoms with van der Waals surface area (Å²) in [5.74, 6) is 0.803. The summed E-state index contributed by atoms with van der Waals surface area (Å²) in [6.45, 7) is 4.38. The molecular weight excluding hydrogens is 208 g/mol. The van der Waals surface area contributed by atoms with Gasteiger partial charge in [-0.1, -0.05) is 23.7 Å². The fraction of sp³-hybridized carbons (Fsp3) is 0.500. The highest BCUT2D eigenvalue weighted by Gasteiger charge is 2.12. The third-order valence-corrected chi connectivity index (χ3v) is 3.09. The van der Waals surface area contributed by atoms with E-state index in [1.165, 1.54) is 18.5 Å². The van der Waals surface area contributed by atoms with E-state index in [4.69, 9.17) is 11.6 Å². The van der Waals surface area contributed by atoms with Crippen LogP contribution in [0, 0.1) is 5.92 Å². The normalized spacial score (nSPS) is 20.7. The lowest BCUT2D eigenvalue weighted by atomic mass is 10.1. The summed E-state index contributed by atoms with van der Waals surface area (Å²) in [6, 6.07) is 8.02. The van der Waals surface area contributed by atoms with Gasteiger partial charge in [0.25, 0.3) is 0 Å². The Bertz CT molecular complexity index is 291. The van der Waals surface area contributed by atoms with E-state index in [1.807, 2.05) is 12.1 Å². The van der Waals surface area contributed by atoms with Crippen molar-refractivity contribution in [1.29, 1.82) is 0 Å². The highest BCUT2D eigenvalue weighted by molar-refractivity contribution is 6.30. The predicted octanol–water partition coefficient (Wildman–Crippen LogP) is 2.04. The van der Waals surface area contributed by atoms with Gasteiger partial charge < -0.3 is 10.6 Å². The van der Waals surface area contributed by atoms with E-state index in [1.54, 1.807) is 0 Å². The van der Waals surface area contributed by atoms with Gasteiger partial charge in [-0.15, -0.1) is 0 Å². The summed E-state index contributed by atoms with van der Waals surface area (Å²) < 4.78 is 0. The second-order valence-electron chi connectivity index (χ2n) is 4.12. The molecule has 1 aliphatic rings. The molecule has 15 heavy (non-hydrogen) atoms. The molecule has 1 heterocycles. The molecule has 0 spiro atoms. The lowest BCUT2D eigenvalue weighted by molar-refractivity contribution is 0.512. The van der Waals surface area contributed by atoms with Crippen LogP contribution in [0.2, 0.25) is 5.02 Å². The zero-order valence-electron chi connectivity index (χ0n) is 8.80. The summed E-state index contributed by atoms with van der Waals surface area (Å²) in [7, 11) is 0. The first-order valence-electron chi connectivity index (χ1n) is 5.50. The number of rotatable bonds is 4. The standard InChI is InChI=1S/C12H17ClN2/c13-12-3-1-10(2-4-12)7-15-9-11-5-6-14-8-11/h1-4,11,14-15H,5-9H2. The van der Waals surface area contributed by atoms with E-state index in [9.17, 15) is 0 Å². The van der Waals surface area contributed by atoms with Crippen molar-refractivity contribution in [2.45, 2.75) is 13.0 Å². The molecule has 0 radical (unpaired) electrons. The topological polar surface area (TPSA) is 24.1 Å². The quantitative estimate of drug-likeness (QED) is 0.818. The Balaban J connectivity index is 1.71. The Kier molecular flexibility index (Phi) is 4.01. The highest BCUT2D eigenvalue weighted by Crippen LogP contribution is 2.10. The van der Waals surface area contributed by atoms with Crippen molar-refractivity contribution in [2.24, 2.45) is 5.92 Å². The van der Waals surface area contributed by atoms with Crippen LogP contribution in [0.25, 0.3) is 0 Å². The Labute approximate surface area is 96.0 Å². The van der Waals surface area contributed by atoms with Gasteiger partial charge in [0.1, 0.15) is 0 Å². The molecule has 0 aromatic heterocycles. The predicted molar refractivity (Wildman–Crippen MR) is 64.1 cm³/mol. The maximum Gasteiger partial charge on any atom is 0.0406 e. The zero-order valence-corrected chi connectivity index (χ0v) is 9.56. The number of benzene rings is 1. The third kappa shape index (κ3) is 3.49. The van der Waals surface area contributed by atoms with Gasteiger partial charge in [-0.3, -0.25) is 0 Å². The molecule has 1 saturated heterocycles. The van der Waals surface area contributed by atoms with Gasteiger partial charge >= 0.3 is 0 Å². The minimum atomic E-state index is 0.803. The minimum Gasteiger partial charge on any atom is -0.316 e. The number of nitrogens with one attached hydrogen (secondary N) is 2. The average molecular weight is 225 g/mol. The number of hydrogen-bond acceptors (Lipinski definition) is 2. The molecule has 1 fully saturated rings. The maximum absolute atomic E-state index is 5.82. The Hall–Kier alpha value is -0.570. The Morgan fingerprint density at radius 1 is 1.33 bits per heavy atom. The van der Waals surface area contributed by atoms with Crippen LogP contribution in [0.5, 0.6) is 0 Å². The van der Waals surface area contributed by atoms with E-state index in [2.05, 4.69) is 22.8 Å². The molecule has 2 nitrogen and oxygen atoms in total. The van der Waals surface area contributed by atoms with Crippen molar-refractivity contribution >= 4 is 11.6 Å². The molecule has 2 rings (SSSR count). The van der Waals surface area contributed by atoms with Crippen molar-refractivity contribution in [2.75, 3.05) is 19.6 Å². The average Bonchev–Trinajstić information content (AvgIpc) is 2.74. The van der Waals surface area contributed by atoms with Crippen LogP contribution in [0.3, 0.4) is 0 Å². The second kappa shape index (κ2) is 5.50. The molecule has 1 aliphatic heterocycles. The van der Waals surface area contributed by atoms with Crippen LogP contribution in [-0.2, 0) is 6.54 Å². The molecule has 1 aromatic carbocycles. The first-order valence-corrected chi connectivity index (χ1v) is 5.88. The van der Waals surface area contributed by atoms with Crippen molar-refractivity contribution < 1.29 is 0 Å². The van der Waals surface area contributed by atoms with Gasteiger partial charge in [-0.05, 0) is 49.7 Å². The van der Waals surface area contributed by atoms with Gasteiger partial charge in [0.05, 0.1) is 0 Å². The van der Waals surface area contributed by atoms with E-state index in [0.29, 0.717) is 0 Å². The van der Waals surface area contributed by atoms with Crippen molar-refractivity contribution in [1.82, 2.24) is 10.6 Å². The largest absolute Gasteiger partial charge is 0.316 e. The van der Waals surface area contributed by atoms with E-state index in [-0.39, 0.29) is 0 Å². The van der Waals surface area contributed by atoms with E-state index in [0.717, 1.165) is 30.6 Å². The molecule has 1 aromatic rings. The lowest BCUT2D eigenvalue weighted by Crippen LogP contribution is -2.23. The fourth-order valence-corrected chi connectivity index (χ4v) is 2.04. The summed E-state index contributed by atoms with van der Waals surface area (Å²) in [5.41, 5.74) is 1.30. The summed E-state index contributed by atoms with van der Waals surface area (Å²) in [5, 5.41) is 7.66. The SMILES string of the molecule is Clc1ccc(CNCC2CCNC2)cc1. The Morgan fingerprint density at radius 2 is 2.13 bits per heavy atom. The smallest absolute Gasteiger partial charge is 0.0406 e. The number of halogens is 1. The molecule has 2 N–H and O–H groups in total. The second-order valence-corrected chi connectivity index (χ2v) is 4.55. The Morgan fingerprint density at radius 3 is 2.80 bits per heavy atom. The summed E-state index contributed by atoms with van der Waals surface area (Å²) in [4.78, 5) is 0. The molecule has 82 valence electrons. The van der Waals surface area contributed by atoms with Gasteiger partial charge in [-0.25, -0.2) is 0 Å². The van der Waals surface area contributed by atoms with Crippen LogP contribution < -0.4 is 10.6 Å². The molecule has 0 bridgehead atoms. The minimum absolute atomic E-state index is 0.803. The van der Waals surface area contributed by atoms with Crippen molar-refractivity contribution in [3.8, 4) is 0 Å². The molecule has 1 unspecified atom stereocenters.